The van der Waals surface area contributed by atoms with Gasteiger partial charge in [-0.1, -0.05) is 54.6 Å². The van der Waals surface area contributed by atoms with E-state index in [1.807, 2.05) is 30.3 Å². The quantitative estimate of drug-likeness (QED) is 0.268. The summed E-state index contributed by atoms with van der Waals surface area (Å²) in [6.45, 7) is 0.259. The Hall–Kier alpha value is -5.06. The smallest absolute Gasteiger partial charge is 0.326 e. The van der Waals surface area contributed by atoms with E-state index < -0.39 is 34.8 Å². The van der Waals surface area contributed by atoms with Crippen molar-refractivity contribution < 1.29 is 29.2 Å². The number of hydrogen-bond donors (Lipinski definition) is 3. The van der Waals surface area contributed by atoms with Crippen LogP contribution < -0.4 is 10.6 Å². The summed E-state index contributed by atoms with van der Waals surface area (Å²) < 4.78 is 0. The van der Waals surface area contributed by atoms with E-state index in [1.54, 1.807) is 24.3 Å². The van der Waals surface area contributed by atoms with Crippen molar-refractivity contribution in [3.05, 3.63) is 106 Å². The summed E-state index contributed by atoms with van der Waals surface area (Å²) in [6.07, 6.45) is 0.485. The molecule has 1 fully saturated rings. The zero-order chi connectivity index (χ0) is 27.9. The number of nitrogens with one attached hydrogen (secondary N) is 2. The number of nitrogens with zero attached hydrogens (tertiary/aromatic N) is 2. The third kappa shape index (κ3) is 6.63. The second-order valence-electron chi connectivity index (χ2n) is 9.09. The molecule has 0 unspecified atom stereocenters. The maximum atomic E-state index is 13.0. The first-order chi connectivity index (χ1) is 18.7. The highest BCUT2D eigenvalue weighted by atomic mass is 16.6. The monoisotopic (exact) mass is 530 g/mol. The molecule has 0 radical (unpaired) electrons. The van der Waals surface area contributed by atoms with E-state index >= 15 is 0 Å². The second-order valence-corrected chi connectivity index (χ2v) is 9.09. The third-order valence-corrected chi connectivity index (χ3v) is 6.44. The molecule has 0 saturated carbocycles. The Balaban J connectivity index is 1.39. The number of carboxylic acid groups (broad SMARTS) is 1. The first-order valence-corrected chi connectivity index (χ1v) is 12.2. The molecule has 2 atom stereocenters. The Morgan fingerprint density at radius 3 is 2.31 bits per heavy atom. The number of anilines is 1. The van der Waals surface area contributed by atoms with E-state index in [0.29, 0.717) is 17.7 Å². The molecule has 4 rings (SSSR count). The highest BCUT2D eigenvalue weighted by molar-refractivity contribution is 6.07. The van der Waals surface area contributed by atoms with Crippen LogP contribution in [0.4, 0.5) is 11.4 Å². The van der Waals surface area contributed by atoms with E-state index in [9.17, 15) is 34.4 Å². The average Bonchev–Trinajstić information content (AvgIpc) is 3.29. The molecule has 1 heterocycles. The summed E-state index contributed by atoms with van der Waals surface area (Å²) in [5, 5.41) is 26.1. The predicted molar refractivity (Wildman–Crippen MR) is 141 cm³/mol. The van der Waals surface area contributed by atoms with E-state index in [2.05, 4.69) is 10.6 Å². The SMILES string of the molecule is O=C(Nc1ccc(C[C@H](NC(=O)[C@@H]2CCC(=O)N2Cc2ccccc2)C(=O)O)cc1)c1ccccc1[N+](=O)[O-]. The topological polar surface area (TPSA) is 159 Å². The Bertz CT molecular complexity index is 1390. The lowest BCUT2D eigenvalue weighted by Gasteiger charge is -2.26. The Morgan fingerprint density at radius 2 is 1.64 bits per heavy atom. The molecular weight excluding hydrogens is 504 g/mol. The molecule has 1 aliphatic heterocycles. The fourth-order valence-corrected chi connectivity index (χ4v) is 4.44. The zero-order valence-corrected chi connectivity index (χ0v) is 20.8. The molecule has 1 saturated heterocycles. The van der Waals surface area contributed by atoms with Gasteiger partial charge >= 0.3 is 5.97 Å². The molecule has 3 N–H and O–H groups in total. The van der Waals surface area contributed by atoms with Crippen LogP contribution >= 0.6 is 0 Å². The van der Waals surface area contributed by atoms with Crippen LogP contribution in [-0.2, 0) is 27.3 Å². The van der Waals surface area contributed by atoms with E-state index in [-0.39, 0.29) is 36.5 Å². The fourth-order valence-electron chi connectivity index (χ4n) is 4.44. The molecule has 3 aromatic rings. The minimum Gasteiger partial charge on any atom is -0.480 e. The zero-order valence-electron chi connectivity index (χ0n) is 20.8. The predicted octanol–water partition coefficient (Wildman–Crippen LogP) is 3.15. The number of benzene rings is 3. The van der Waals surface area contributed by atoms with Crippen LogP contribution in [0, 0.1) is 10.1 Å². The van der Waals surface area contributed by atoms with E-state index in [4.69, 9.17) is 0 Å². The van der Waals surface area contributed by atoms with Crippen LogP contribution in [0.5, 0.6) is 0 Å². The number of carbonyl (C=O) groups is 4. The molecule has 0 bridgehead atoms. The van der Waals surface area contributed by atoms with Crippen LogP contribution in [0.25, 0.3) is 0 Å². The van der Waals surface area contributed by atoms with Gasteiger partial charge in [0.05, 0.1) is 4.92 Å². The Labute approximate surface area is 223 Å². The van der Waals surface area contributed by atoms with Crippen LogP contribution in [0.15, 0.2) is 78.9 Å². The maximum absolute atomic E-state index is 13.0. The molecule has 0 aliphatic carbocycles. The first kappa shape index (κ1) is 27.0. The van der Waals surface area contributed by atoms with Crippen LogP contribution in [0.1, 0.15) is 34.3 Å². The molecule has 0 spiro atoms. The molecule has 39 heavy (non-hydrogen) atoms. The Kier molecular flexibility index (Phi) is 8.30. The van der Waals surface area contributed by atoms with Gasteiger partial charge in [0.15, 0.2) is 0 Å². The highest BCUT2D eigenvalue weighted by Crippen LogP contribution is 2.23. The lowest BCUT2D eigenvalue weighted by atomic mass is 10.0. The number of likely N-dealkylation sites (tertiary alicyclic amines) is 1. The van der Waals surface area contributed by atoms with Crippen molar-refractivity contribution in [2.24, 2.45) is 0 Å². The molecule has 0 aromatic heterocycles. The summed E-state index contributed by atoms with van der Waals surface area (Å²) in [7, 11) is 0. The van der Waals surface area contributed by atoms with Gasteiger partial charge in [-0.2, -0.15) is 0 Å². The van der Waals surface area contributed by atoms with Gasteiger partial charge in [-0.3, -0.25) is 24.5 Å². The second kappa shape index (κ2) is 12.0. The number of carboxylic acids is 1. The molecule has 200 valence electrons. The van der Waals surface area contributed by atoms with Gasteiger partial charge in [0.1, 0.15) is 17.6 Å². The maximum Gasteiger partial charge on any atom is 0.326 e. The number of para-hydroxylation sites is 1. The highest BCUT2D eigenvalue weighted by Gasteiger charge is 2.37. The molecule has 11 heteroatoms. The minimum atomic E-state index is -1.24. The van der Waals surface area contributed by atoms with E-state index in [0.717, 1.165) is 5.56 Å². The number of aliphatic carboxylic acids is 1. The fraction of sp³-hybridized carbons (Fsp3) is 0.214. The molecule has 3 amide bonds. The van der Waals surface area contributed by atoms with Gasteiger partial charge in [-0.15, -0.1) is 0 Å². The van der Waals surface area contributed by atoms with Gasteiger partial charge in [-0.05, 0) is 35.7 Å². The van der Waals surface area contributed by atoms with Gasteiger partial charge in [0.25, 0.3) is 11.6 Å². The van der Waals surface area contributed by atoms with Crippen LogP contribution in [-0.4, -0.2) is 50.7 Å². The number of carbonyl (C=O) groups excluding carboxylic acids is 3. The van der Waals surface area contributed by atoms with Gasteiger partial charge in [-0.25, -0.2) is 4.79 Å². The Morgan fingerprint density at radius 1 is 0.974 bits per heavy atom. The number of nitro groups is 1. The lowest BCUT2D eigenvalue weighted by Crippen LogP contribution is -2.50. The normalized spacial score (nSPS) is 15.4. The minimum absolute atomic E-state index is 0.0290. The third-order valence-electron chi connectivity index (χ3n) is 6.44. The average molecular weight is 531 g/mol. The number of nitro benzene ring substituents is 1. The van der Waals surface area contributed by atoms with Crippen molar-refractivity contribution in [2.75, 3.05) is 5.32 Å². The first-order valence-electron chi connectivity index (χ1n) is 12.2. The van der Waals surface area contributed by atoms with Crippen molar-refractivity contribution in [3.8, 4) is 0 Å². The van der Waals surface area contributed by atoms with Gasteiger partial charge in [0, 0.05) is 31.1 Å². The van der Waals surface area contributed by atoms with Crippen molar-refractivity contribution in [1.29, 1.82) is 0 Å². The summed E-state index contributed by atoms with van der Waals surface area (Å²) >= 11 is 0. The summed E-state index contributed by atoms with van der Waals surface area (Å²) in [5.74, 6) is -2.57. The molecule has 3 aromatic carbocycles. The summed E-state index contributed by atoms with van der Waals surface area (Å²) in [6, 6.07) is 19.1. The van der Waals surface area contributed by atoms with E-state index in [1.165, 1.54) is 29.2 Å². The van der Waals surface area contributed by atoms with Crippen molar-refractivity contribution in [1.82, 2.24) is 10.2 Å². The van der Waals surface area contributed by atoms with Crippen molar-refractivity contribution in [3.63, 3.8) is 0 Å². The summed E-state index contributed by atoms with van der Waals surface area (Å²) in [5.41, 5.74) is 1.40. The van der Waals surface area contributed by atoms with Crippen molar-refractivity contribution >= 4 is 35.1 Å². The standard InChI is InChI=1S/C28H26N4O7/c33-25-15-14-24(31(25)17-19-6-2-1-3-7-19)27(35)30-22(28(36)37)16-18-10-12-20(13-11-18)29-26(34)21-8-4-5-9-23(21)32(38)39/h1-13,22,24H,14-17H2,(H,29,34)(H,30,35)(H,36,37)/t22-,24-/m0/s1. The molecule has 1 aliphatic rings. The summed E-state index contributed by atoms with van der Waals surface area (Å²) in [4.78, 5) is 61.9. The molecule has 11 nitrogen and oxygen atoms in total. The lowest BCUT2D eigenvalue weighted by molar-refractivity contribution is -0.385. The molecular formula is C28H26N4O7. The number of hydrogen-bond acceptors (Lipinski definition) is 6. The van der Waals surface area contributed by atoms with Crippen molar-refractivity contribution in [2.45, 2.75) is 37.9 Å². The van der Waals surface area contributed by atoms with Gasteiger partial charge in [0.2, 0.25) is 11.8 Å². The number of amides is 3. The van der Waals surface area contributed by atoms with Crippen LogP contribution in [0.2, 0.25) is 0 Å². The largest absolute Gasteiger partial charge is 0.480 e. The van der Waals surface area contributed by atoms with Crippen LogP contribution in [0.3, 0.4) is 0 Å². The van der Waals surface area contributed by atoms with Gasteiger partial charge < -0.3 is 20.6 Å². The number of rotatable bonds is 10.